The largest absolute Gasteiger partial charge is 0.358 e. The van der Waals surface area contributed by atoms with Gasteiger partial charge in [-0.25, -0.2) is 0 Å². The van der Waals surface area contributed by atoms with E-state index in [2.05, 4.69) is 103 Å². The molecule has 3 aliphatic heterocycles. The maximum absolute atomic E-state index is 6.06. The Balaban J connectivity index is 1.29. The summed E-state index contributed by atoms with van der Waals surface area (Å²) in [6.07, 6.45) is 18.0. The molecule has 3 heterocycles. The van der Waals surface area contributed by atoms with Crippen molar-refractivity contribution < 1.29 is 0 Å². The molecule has 0 unspecified atom stereocenters. The fraction of sp³-hybridized carbons (Fsp3) is 0.636. The van der Waals surface area contributed by atoms with Crippen LogP contribution in [0.3, 0.4) is 0 Å². The average molecular weight is 837 g/mol. The molecule has 0 aromatic heterocycles. The fourth-order valence-corrected chi connectivity index (χ4v) is 9.06. The molecule has 308 valence electrons. The normalized spacial score (nSPS) is 18.2. The molecule has 0 spiro atoms. The molecule has 2 saturated heterocycles. The lowest BCUT2D eigenvalue weighted by molar-refractivity contribution is 0.145. The lowest BCUT2D eigenvalue weighted by Crippen LogP contribution is -2.57. The molecule has 2 fully saturated rings. The zero-order chi connectivity index (χ0) is 39.5. The van der Waals surface area contributed by atoms with Gasteiger partial charge in [-0.3, -0.25) is 0 Å². The van der Waals surface area contributed by atoms with E-state index in [4.69, 9.17) is 48.9 Å². The SMILES string of the molecule is CCCCCCCCC1CN2CN(C1)C(=S)NCc1cccc(c1)CNC(=S)N1CC(CCCCCCCC)CN(C1)C(=S)NCc1cccc(c1)CNC2=S. The van der Waals surface area contributed by atoms with Gasteiger partial charge in [-0.2, -0.15) is 0 Å². The number of hydrogen-bond donors (Lipinski definition) is 4. The van der Waals surface area contributed by atoms with Gasteiger partial charge < -0.3 is 40.9 Å². The Kier molecular flexibility index (Phi) is 19.1. The molecular weight excluding hydrogens is 769 g/mol. The number of nitrogens with one attached hydrogen (secondary N) is 4. The van der Waals surface area contributed by atoms with E-state index in [-0.39, 0.29) is 0 Å². The second kappa shape index (κ2) is 24.2. The Labute approximate surface area is 360 Å². The van der Waals surface area contributed by atoms with Crippen molar-refractivity contribution in [1.82, 2.24) is 40.9 Å². The Hall–Kier alpha value is -2.80. The minimum absolute atomic E-state index is 0.501. The second-order valence-electron chi connectivity index (χ2n) is 16.3. The van der Waals surface area contributed by atoms with Crippen LogP contribution < -0.4 is 21.3 Å². The molecular formula is C44H68N8S4. The molecule has 0 atom stereocenters. The second-order valence-corrected chi connectivity index (χ2v) is 17.8. The van der Waals surface area contributed by atoms with Crippen molar-refractivity contribution in [2.75, 3.05) is 39.5 Å². The third-order valence-corrected chi connectivity index (χ3v) is 13.0. The van der Waals surface area contributed by atoms with E-state index in [1.165, 1.54) is 112 Å². The monoisotopic (exact) mass is 836 g/mol. The first-order valence-electron chi connectivity index (χ1n) is 21.6. The highest BCUT2D eigenvalue weighted by molar-refractivity contribution is 7.80. The number of fused-ring (bicyclic) bond motifs is 8. The van der Waals surface area contributed by atoms with Crippen molar-refractivity contribution in [3.8, 4) is 0 Å². The Bertz CT molecular complexity index is 1350. The number of thiocarbonyl (C=S) groups is 4. The Morgan fingerprint density at radius 2 is 0.732 bits per heavy atom. The van der Waals surface area contributed by atoms with Crippen LogP contribution in [0.25, 0.3) is 0 Å². The van der Waals surface area contributed by atoms with Crippen molar-refractivity contribution in [2.45, 2.75) is 130 Å². The lowest BCUT2D eigenvalue weighted by Gasteiger charge is -2.42. The predicted octanol–water partition coefficient (Wildman–Crippen LogP) is 8.78. The summed E-state index contributed by atoms with van der Waals surface area (Å²) in [4.78, 5) is 9.25. The molecule has 4 N–H and O–H groups in total. The van der Waals surface area contributed by atoms with E-state index in [1.54, 1.807) is 0 Å². The zero-order valence-electron chi connectivity index (χ0n) is 34.2. The quantitative estimate of drug-likeness (QED) is 0.109. The number of benzene rings is 2. The first-order chi connectivity index (χ1) is 27.3. The number of hydrogen-bond acceptors (Lipinski definition) is 4. The van der Waals surface area contributed by atoms with E-state index in [1.807, 2.05) is 0 Å². The molecule has 5 rings (SSSR count). The number of rotatable bonds is 14. The van der Waals surface area contributed by atoms with Crippen LogP contribution in [-0.4, -0.2) is 79.6 Å². The summed E-state index contributed by atoms with van der Waals surface area (Å²) in [5.74, 6) is 1.00. The van der Waals surface area contributed by atoms with Gasteiger partial charge in [0.1, 0.15) is 0 Å². The highest BCUT2D eigenvalue weighted by Gasteiger charge is 2.30. The van der Waals surface area contributed by atoms with Crippen LogP contribution in [-0.2, 0) is 26.2 Å². The van der Waals surface area contributed by atoms with Gasteiger partial charge >= 0.3 is 0 Å². The van der Waals surface area contributed by atoms with E-state index >= 15 is 0 Å². The first kappa shape index (κ1) is 44.3. The van der Waals surface area contributed by atoms with Crippen molar-refractivity contribution >= 4 is 69.3 Å². The summed E-state index contributed by atoms with van der Waals surface area (Å²) in [5, 5.41) is 17.5. The predicted molar refractivity (Wildman–Crippen MR) is 250 cm³/mol. The lowest BCUT2D eigenvalue weighted by atomic mass is 9.97. The molecule has 56 heavy (non-hydrogen) atoms. The van der Waals surface area contributed by atoms with E-state index in [0.29, 0.717) is 51.4 Å². The maximum Gasteiger partial charge on any atom is 0.170 e. The Morgan fingerprint density at radius 3 is 1.04 bits per heavy atom. The Morgan fingerprint density at radius 1 is 0.446 bits per heavy atom. The van der Waals surface area contributed by atoms with Crippen LogP contribution in [0.2, 0.25) is 0 Å². The highest BCUT2D eigenvalue weighted by atomic mass is 32.1. The summed E-state index contributed by atoms with van der Waals surface area (Å²) in [6.45, 7) is 12.4. The van der Waals surface area contributed by atoms with Crippen LogP contribution in [0.5, 0.6) is 0 Å². The van der Waals surface area contributed by atoms with Crippen LogP contribution in [0, 0.1) is 11.8 Å². The summed E-state index contributed by atoms with van der Waals surface area (Å²) in [7, 11) is 0. The maximum atomic E-state index is 6.06. The van der Waals surface area contributed by atoms with Crippen molar-refractivity contribution in [3.05, 3.63) is 70.8 Å². The minimum Gasteiger partial charge on any atom is -0.358 e. The molecule has 8 bridgehead atoms. The molecule has 2 aromatic rings. The van der Waals surface area contributed by atoms with Crippen molar-refractivity contribution in [2.24, 2.45) is 11.8 Å². The number of nitrogens with zero attached hydrogens (tertiary/aromatic N) is 4. The topological polar surface area (TPSA) is 61.1 Å². The molecule has 0 radical (unpaired) electrons. The van der Waals surface area contributed by atoms with Crippen LogP contribution in [0.15, 0.2) is 48.5 Å². The summed E-state index contributed by atoms with van der Waals surface area (Å²) < 4.78 is 0. The van der Waals surface area contributed by atoms with Crippen LogP contribution in [0.4, 0.5) is 0 Å². The molecule has 0 saturated carbocycles. The third-order valence-electron chi connectivity index (χ3n) is 11.4. The fourth-order valence-electron chi connectivity index (χ4n) is 8.24. The van der Waals surface area contributed by atoms with Gasteiger partial charge in [-0.05, 0) is 95.8 Å². The van der Waals surface area contributed by atoms with Crippen LogP contribution in [0.1, 0.15) is 126 Å². The van der Waals surface area contributed by atoms with Gasteiger partial charge in [0.2, 0.25) is 0 Å². The van der Waals surface area contributed by atoms with Gasteiger partial charge in [0.05, 0.1) is 13.3 Å². The van der Waals surface area contributed by atoms with Crippen molar-refractivity contribution in [3.63, 3.8) is 0 Å². The molecule has 8 nitrogen and oxygen atoms in total. The van der Waals surface area contributed by atoms with E-state index in [0.717, 1.165) is 46.6 Å². The molecule has 2 aromatic carbocycles. The molecule has 12 heteroatoms. The molecule has 0 amide bonds. The van der Waals surface area contributed by atoms with E-state index < -0.39 is 0 Å². The highest BCUT2D eigenvalue weighted by Crippen LogP contribution is 2.22. The summed E-state index contributed by atoms with van der Waals surface area (Å²) in [5.41, 5.74) is 4.79. The molecule has 0 aliphatic carbocycles. The third kappa shape index (κ3) is 14.9. The van der Waals surface area contributed by atoms with Gasteiger partial charge in [0, 0.05) is 52.4 Å². The van der Waals surface area contributed by atoms with Gasteiger partial charge in [0.15, 0.2) is 20.4 Å². The smallest absolute Gasteiger partial charge is 0.170 e. The van der Waals surface area contributed by atoms with Crippen molar-refractivity contribution in [1.29, 1.82) is 0 Å². The first-order valence-corrected chi connectivity index (χ1v) is 23.2. The van der Waals surface area contributed by atoms with Gasteiger partial charge in [-0.15, -0.1) is 0 Å². The van der Waals surface area contributed by atoms with Crippen LogP contribution >= 0.6 is 48.9 Å². The molecule has 3 aliphatic rings. The van der Waals surface area contributed by atoms with E-state index in [9.17, 15) is 0 Å². The van der Waals surface area contributed by atoms with Gasteiger partial charge in [-0.1, -0.05) is 139 Å². The zero-order valence-corrected chi connectivity index (χ0v) is 37.4. The van der Waals surface area contributed by atoms with Gasteiger partial charge in [0.25, 0.3) is 0 Å². The summed E-state index contributed by atoms with van der Waals surface area (Å²) >= 11 is 24.2. The standard InChI is InChI=1S/C44H68N8S4/c1-3-5-7-9-11-13-17-39-29-49-33-50(30-39)42(54)46-26-36-20-16-22-38(24-36)28-48-44(56)52-32-40(18-14-12-10-8-6-4-2)31-51(34-52)43(55)47-27-37-21-15-19-35(23-37)25-45-41(49)53/h15-16,19-24,39-40H,3-14,17-18,25-34H2,1-2H3,(H,45,53)(H,46,54)(H,47,55)(H,48,56). The minimum atomic E-state index is 0.501. The summed E-state index contributed by atoms with van der Waals surface area (Å²) in [6, 6.07) is 17.4. The average Bonchev–Trinajstić information content (AvgIpc) is 3.22. The number of unbranched alkanes of at least 4 members (excludes halogenated alkanes) is 10.